The van der Waals surface area contributed by atoms with Gasteiger partial charge in [0.25, 0.3) is 0 Å². The Hall–Kier alpha value is -2.70. The third kappa shape index (κ3) is 5.51. The number of benzene rings is 2. The number of para-hydroxylation sites is 1. The zero-order valence-corrected chi connectivity index (χ0v) is 19.2. The van der Waals surface area contributed by atoms with Crippen molar-refractivity contribution in [2.45, 2.75) is 37.6 Å². The average molecular weight is 448 g/mol. The highest BCUT2D eigenvalue weighted by molar-refractivity contribution is 7.99. The van der Waals surface area contributed by atoms with E-state index in [2.05, 4.69) is 42.2 Å². The molecule has 6 heteroatoms. The lowest BCUT2D eigenvalue weighted by Gasteiger charge is -2.19. The van der Waals surface area contributed by atoms with Crippen LogP contribution in [0.3, 0.4) is 0 Å². The first kappa shape index (κ1) is 21.5. The molecule has 31 heavy (non-hydrogen) atoms. The van der Waals surface area contributed by atoms with Crippen molar-refractivity contribution in [3.8, 4) is 0 Å². The number of nitrogens with zero attached hydrogens (tertiary/aromatic N) is 3. The molecule has 4 aromatic rings. The predicted molar refractivity (Wildman–Crippen MR) is 131 cm³/mol. The summed E-state index contributed by atoms with van der Waals surface area (Å²) in [6.45, 7) is 2.57. The summed E-state index contributed by atoms with van der Waals surface area (Å²) in [5.41, 5.74) is 3.08. The quantitative estimate of drug-likeness (QED) is 0.221. The molecular weight excluding hydrogens is 422 g/mol. The molecule has 0 aliphatic carbocycles. The van der Waals surface area contributed by atoms with Crippen molar-refractivity contribution in [3.63, 3.8) is 0 Å². The summed E-state index contributed by atoms with van der Waals surface area (Å²) in [4.78, 5) is 25.6. The van der Waals surface area contributed by atoms with Crippen LogP contribution in [0.2, 0.25) is 0 Å². The monoisotopic (exact) mass is 447 g/mol. The van der Waals surface area contributed by atoms with Crippen LogP contribution in [-0.4, -0.2) is 21.6 Å². The summed E-state index contributed by atoms with van der Waals surface area (Å²) in [5, 5.41) is 0.752. The highest BCUT2D eigenvalue weighted by Gasteiger charge is 2.21. The van der Waals surface area contributed by atoms with Crippen LogP contribution >= 0.6 is 23.1 Å². The van der Waals surface area contributed by atoms with E-state index in [9.17, 15) is 4.79 Å². The van der Waals surface area contributed by atoms with Gasteiger partial charge in [-0.1, -0.05) is 54.7 Å². The Morgan fingerprint density at radius 2 is 1.87 bits per heavy atom. The van der Waals surface area contributed by atoms with Gasteiger partial charge in [-0.05, 0) is 54.5 Å². The lowest BCUT2D eigenvalue weighted by Crippen LogP contribution is -2.30. The standard InChI is InChI=1S/C25H25N3OS2/c1-2-19-10-8-14-22-24(19)27-25(31-22)28(18-20-11-6-7-16-26-20)23(29)15-9-17-30-21-12-4-3-5-13-21/h3-8,10-14,16H,2,9,15,17-18H2,1H3. The first-order chi connectivity index (χ1) is 15.2. The Labute approximate surface area is 191 Å². The Balaban J connectivity index is 1.50. The summed E-state index contributed by atoms with van der Waals surface area (Å²) in [6, 6.07) is 22.4. The molecule has 0 N–H and O–H groups in total. The predicted octanol–water partition coefficient (Wildman–Crippen LogP) is 6.36. The lowest BCUT2D eigenvalue weighted by atomic mass is 10.1. The van der Waals surface area contributed by atoms with Gasteiger partial charge in [0.15, 0.2) is 5.13 Å². The van der Waals surface area contributed by atoms with E-state index in [1.165, 1.54) is 10.5 Å². The maximum atomic E-state index is 13.2. The highest BCUT2D eigenvalue weighted by atomic mass is 32.2. The SMILES string of the molecule is CCc1cccc2sc(N(Cc3ccccn3)C(=O)CCCSc3ccccc3)nc12. The molecule has 158 valence electrons. The lowest BCUT2D eigenvalue weighted by molar-refractivity contribution is -0.118. The van der Waals surface area contributed by atoms with Crippen molar-refractivity contribution in [2.75, 3.05) is 10.7 Å². The Morgan fingerprint density at radius 1 is 1.03 bits per heavy atom. The first-order valence-corrected chi connectivity index (χ1v) is 12.3. The van der Waals surface area contributed by atoms with E-state index in [0.29, 0.717) is 13.0 Å². The molecule has 0 unspecified atom stereocenters. The minimum Gasteiger partial charge on any atom is -0.282 e. The topological polar surface area (TPSA) is 46.1 Å². The number of hydrogen-bond acceptors (Lipinski definition) is 5. The van der Waals surface area contributed by atoms with Gasteiger partial charge in [0, 0.05) is 17.5 Å². The van der Waals surface area contributed by atoms with E-state index in [1.54, 1.807) is 34.2 Å². The molecule has 2 aromatic carbocycles. The van der Waals surface area contributed by atoms with Gasteiger partial charge in [0.05, 0.1) is 22.5 Å². The minimum atomic E-state index is 0.0939. The van der Waals surface area contributed by atoms with Gasteiger partial charge in [-0.15, -0.1) is 11.8 Å². The maximum Gasteiger partial charge on any atom is 0.229 e. The van der Waals surface area contributed by atoms with Crippen molar-refractivity contribution in [1.82, 2.24) is 9.97 Å². The van der Waals surface area contributed by atoms with Crippen molar-refractivity contribution in [2.24, 2.45) is 0 Å². The Bertz CT molecular complexity index is 1130. The molecule has 0 spiro atoms. The normalized spacial score (nSPS) is 11.0. The molecule has 0 saturated heterocycles. The van der Waals surface area contributed by atoms with Gasteiger partial charge in [-0.2, -0.15) is 0 Å². The van der Waals surface area contributed by atoms with Crippen LogP contribution in [-0.2, 0) is 17.8 Å². The molecule has 4 nitrogen and oxygen atoms in total. The molecule has 2 aromatic heterocycles. The number of thioether (sulfide) groups is 1. The third-order valence-corrected chi connectivity index (χ3v) is 7.14. The second-order valence-electron chi connectivity index (χ2n) is 7.18. The number of amides is 1. The molecule has 0 radical (unpaired) electrons. The van der Waals surface area contributed by atoms with Crippen LogP contribution in [0.15, 0.2) is 77.8 Å². The van der Waals surface area contributed by atoms with Crippen LogP contribution in [0.4, 0.5) is 5.13 Å². The van der Waals surface area contributed by atoms with E-state index in [4.69, 9.17) is 4.98 Å². The maximum absolute atomic E-state index is 13.2. The van der Waals surface area contributed by atoms with Gasteiger partial charge in [-0.25, -0.2) is 4.98 Å². The number of thiazole rings is 1. The zero-order chi connectivity index (χ0) is 21.5. The Morgan fingerprint density at radius 3 is 2.65 bits per heavy atom. The molecule has 0 fully saturated rings. The molecule has 0 bridgehead atoms. The summed E-state index contributed by atoms with van der Waals surface area (Å²) >= 11 is 3.37. The number of aromatic nitrogens is 2. The van der Waals surface area contributed by atoms with Crippen LogP contribution < -0.4 is 4.90 Å². The molecular formula is C25H25N3OS2. The van der Waals surface area contributed by atoms with Crippen molar-refractivity contribution < 1.29 is 4.79 Å². The van der Waals surface area contributed by atoms with Crippen LogP contribution in [0, 0.1) is 0 Å². The molecule has 2 heterocycles. The minimum absolute atomic E-state index is 0.0939. The van der Waals surface area contributed by atoms with Crippen LogP contribution in [0.1, 0.15) is 31.0 Å². The van der Waals surface area contributed by atoms with Gasteiger partial charge >= 0.3 is 0 Å². The van der Waals surface area contributed by atoms with Gasteiger partial charge in [-0.3, -0.25) is 14.7 Å². The number of hydrogen-bond donors (Lipinski definition) is 0. The molecule has 0 atom stereocenters. The molecule has 0 saturated carbocycles. The number of anilines is 1. The van der Waals surface area contributed by atoms with Gasteiger partial charge < -0.3 is 0 Å². The van der Waals surface area contributed by atoms with Crippen LogP contribution in [0.5, 0.6) is 0 Å². The highest BCUT2D eigenvalue weighted by Crippen LogP contribution is 2.32. The fourth-order valence-corrected chi connectivity index (χ4v) is 5.28. The average Bonchev–Trinajstić information content (AvgIpc) is 3.25. The van der Waals surface area contributed by atoms with E-state index in [0.717, 1.165) is 39.6 Å². The second kappa shape index (κ2) is 10.6. The number of aryl methyl sites for hydroxylation is 1. The number of carbonyl (C=O) groups excluding carboxylic acids is 1. The number of rotatable bonds is 9. The number of carbonyl (C=O) groups is 1. The Kier molecular flexibility index (Phi) is 7.33. The molecule has 1 amide bonds. The molecule has 0 aliphatic rings. The summed E-state index contributed by atoms with van der Waals surface area (Å²) in [6.07, 6.45) is 4.00. The zero-order valence-electron chi connectivity index (χ0n) is 17.5. The summed E-state index contributed by atoms with van der Waals surface area (Å²) in [5.74, 6) is 1.00. The number of pyridine rings is 1. The first-order valence-electron chi connectivity index (χ1n) is 10.5. The van der Waals surface area contributed by atoms with E-state index in [-0.39, 0.29) is 5.91 Å². The van der Waals surface area contributed by atoms with Crippen molar-refractivity contribution in [3.05, 3.63) is 84.2 Å². The fourth-order valence-electron chi connectivity index (χ4n) is 3.38. The fraction of sp³-hybridized carbons (Fsp3) is 0.240. The van der Waals surface area contributed by atoms with Gasteiger partial charge in [0.1, 0.15) is 0 Å². The van der Waals surface area contributed by atoms with E-state index in [1.807, 2.05) is 36.4 Å². The van der Waals surface area contributed by atoms with Crippen molar-refractivity contribution in [1.29, 1.82) is 0 Å². The number of fused-ring (bicyclic) bond motifs is 1. The largest absolute Gasteiger partial charge is 0.282 e. The van der Waals surface area contributed by atoms with Crippen LogP contribution in [0.25, 0.3) is 10.2 Å². The van der Waals surface area contributed by atoms with E-state index < -0.39 is 0 Å². The van der Waals surface area contributed by atoms with E-state index >= 15 is 0 Å². The molecule has 0 aliphatic heterocycles. The summed E-state index contributed by atoms with van der Waals surface area (Å²) in [7, 11) is 0. The van der Waals surface area contributed by atoms with Crippen molar-refractivity contribution >= 4 is 44.4 Å². The third-order valence-electron chi connectivity index (χ3n) is 5.00. The molecule has 4 rings (SSSR count). The van der Waals surface area contributed by atoms with Gasteiger partial charge in [0.2, 0.25) is 5.91 Å². The smallest absolute Gasteiger partial charge is 0.229 e. The summed E-state index contributed by atoms with van der Waals surface area (Å²) < 4.78 is 1.12. The second-order valence-corrected chi connectivity index (χ2v) is 9.36.